The highest BCUT2D eigenvalue weighted by molar-refractivity contribution is 5.82. The zero-order valence-electron chi connectivity index (χ0n) is 17.4. The fraction of sp³-hybridized carbons (Fsp3) is 0.478. The van der Waals surface area contributed by atoms with E-state index < -0.39 is 0 Å². The molecule has 5 heterocycles. The maximum absolute atomic E-state index is 12.9. The van der Waals surface area contributed by atoms with Crippen molar-refractivity contribution in [3.05, 3.63) is 54.1 Å². The minimum atomic E-state index is 0.139. The Bertz CT molecular complexity index is 1030. The highest BCUT2D eigenvalue weighted by Crippen LogP contribution is 2.32. The molecular formula is C23H28N6O. The Morgan fingerprint density at radius 2 is 2.07 bits per heavy atom. The van der Waals surface area contributed by atoms with Crippen LogP contribution in [-0.4, -0.2) is 56.1 Å². The Morgan fingerprint density at radius 1 is 1.13 bits per heavy atom. The van der Waals surface area contributed by atoms with Crippen LogP contribution in [0.15, 0.2) is 42.9 Å². The summed E-state index contributed by atoms with van der Waals surface area (Å²) < 4.78 is 1.90. The maximum Gasteiger partial charge on any atom is 0.226 e. The molecule has 0 bridgehead atoms. The van der Waals surface area contributed by atoms with Crippen LogP contribution in [0.1, 0.15) is 37.4 Å². The largest absolute Gasteiger partial charge is 0.353 e. The van der Waals surface area contributed by atoms with Crippen LogP contribution in [0.25, 0.3) is 5.65 Å². The summed E-state index contributed by atoms with van der Waals surface area (Å²) in [4.78, 5) is 26.3. The molecule has 7 heteroatoms. The summed E-state index contributed by atoms with van der Waals surface area (Å²) in [5, 5.41) is 4.31. The summed E-state index contributed by atoms with van der Waals surface area (Å²) >= 11 is 0. The number of hydrogen-bond acceptors (Lipinski definition) is 5. The molecule has 0 radical (unpaired) electrons. The number of hydrogen-bond donors (Lipinski definition) is 0. The van der Waals surface area contributed by atoms with Crippen molar-refractivity contribution in [3.63, 3.8) is 0 Å². The van der Waals surface area contributed by atoms with Gasteiger partial charge in [0.2, 0.25) is 5.91 Å². The SMILES string of the molecule is CCc1ccc(N2CCN3C(=O)[C@@H](CCCc4cccc5ncnn45)C[C@H]3C2)nc1. The number of pyridine rings is 2. The van der Waals surface area contributed by atoms with Gasteiger partial charge in [-0.05, 0) is 55.9 Å². The van der Waals surface area contributed by atoms with Crippen LogP contribution in [0.5, 0.6) is 0 Å². The average Bonchev–Trinajstić information content (AvgIpc) is 3.39. The van der Waals surface area contributed by atoms with E-state index in [-0.39, 0.29) is 5.92 Å². The first-order chi connectivity index (χ1) is 14.7. The van der Waals surface area contributed by atoms with E-state index in [1.165, 1.54) is 5.56 Å². The van der Waals surface area contributed by atoms with Crippen LogP contribution in [0, 0.1) is 5.92 Å². The number of amides is 1. The van der Waals surface area contributed by atoms with Gasteiger partial charge in [-0.2, -0.15) is 5.10 Å². The van der Waals surface area contributed by atoms with Crippen LogP contribution in [-0.2, 0) is 17.6 Å². The fourth-order valence-corrected chi connectivity index (χ4v) is 4.89. The number of rotatable bonds is 6. The molecule has 30 heavy (non-hydrogen) atoms. The van der Waals surface area contributed by atoms with Gasteiger partial charge in [-0.1, -0.05) is 19.1 Å². The summed E-state index contributed by atoms with van der Waals surface area (Å²) in [7, 11) is 0. The molecule has 0 aliphatic carbocycles. The molecule has 3 aromatic rings. The molecule has 7 nitrogen and oxygen atoms in total. The van der Waals surface area contributed by atoms with E-state index >= 15 is 0 Å². The molecule has 0 unspecified atom stereocenters. The Balaban J connectivity index is 1.18. The fourth-order valence-electron chi connectivity index (χ4n) is 4.89. The van der Waals surface area contributed by atoms with Crippen molar-refractivity contribution in [1.82, 2.24) is 24.5 Å². The van der Waals surface area contributed by atoms with Gasteiger partial charge >= 0.3 is 0 Å². The molecule has 156 valence electrons. The third-order valence-corrected chi connectivity index (χ3v) is 6.58. The smallest absolute Gasteiger partial charge is 0.226 e. The van der Waals surface area contributed by atoms with Crippen molar-refractivity contribution < 1.29 is 4.79 Å². The van der Waals surface area contributed by atoms with Crippen molar-refractivity contribution in [2.24, 2.45) is 5.92 Å². The third kappa shape index (κ3) is 3.53. The Hall–Kier alpha value is -2.96. The maximum atomic E-state index is 12.9. The molecule has 2 saturated heterocycles. The molecule has 0 aromatic carbocycles. The van der Waals surface area contributed by atoms with Gasteiger partial charge < -0.3 is 9.80 Å². The van der Waals surface area contributed by atoms with Gasteiger partial charge in [0.25, 0.3) is 0 Å². The molecular weight excluding hydrogens is 376 g/mol. The van der Waals surface area contributed by atoms with Crippen molar-refractivity contribution in [1.29, 1.82) is 0 Å². The lowest BCUT2D eigenvalue weighted by molar-refractivity contribution is -0.132. The normalized spacial score (nSPS) is 21.4. The van der Waals surface area contributed by atoms with E-state index in [4.69, 9.17) is 0 Å². The molecule has 1 amide bonds. The van der Waals surface area contributed by atoms with Gasteiger partial charge in [0.05, 0.1) is 6.04 Å². The first kappa shape index (κ1) is 19.0. The average molecular weight is 405 g/mol. The number of nitrogens with zero attached hydrogens (tertiary/aromatic N) is 6. The van der Waals surface area contributed by atoms with Crippen molar-refractivity contribution >= 4 is 17.4 Å². The molecule has 0 N–H and O–H groups in total. The monoisotopic (exact) mass is 404 g/mol. The topological polar surface area (TPSA) is 66.6 Å². The number of fused-ring (bicyclic) bond motifs is 2. The number of aromatic nitrogens is 4. The molecule has 5 rings (SSSR count). The quantitative estimate of drug-likeness (QED) is 0.632. The molecule has 2 aliphatic rings. The number of carbonyl (C=O) groups is 1. The Kier molecular flexibility index (Phi) is 5.11. The van der Waals surface area contributed by atoms with Crippen LogP contribution in [0.4, 0.5) is 5.82 Å². The summed E-state index contributed by atoms with van der Waals surface area (Å²) in [5.41, 5.74) is 3.29. The standard InChI is InChI=1S/C23H28N6O/c1-2-17-9-10-21(24-14-17)27-11-12-28-20(15-27)13-18(23(28)30)5-3-6-19-7-4-8-22-25-16-26-29(19)22/h4,7-10,14,16,18,20H,2-3,5-6,11-13,15H2,1H3/t18-,20-/m0/s1. The van der Waals surface area contributed by atoms with E-state index in [0.29, 0.717) is 11.9 Å². The van der Waals surface area contributed by atoms with Crippen LogP contribution >= 0.6 is 0 Å². The zero-order valence-corrected chi connectivity index (χ0v) is 17.4. The minimum absolute atomic E-state index is 0.139. The van der Waals surface area contributed by atoms with Gasteiger partial charge in [-0.15, -0.1) is 0 Å². The van der Waals surface area contributed by atoms with Gasteiger partial charge in [0, 0.05) is 37.4 Å². The molecule has 2 fully saturated rings. The lowest BCUT2D eigenvalue weighted by atomic mass is 9.97. The van der Waals surface area contributed by atoms with Crippen molar-refractivity contribution in [2.75, 3.05) is 24.5 Å². The second-order valence-corrected chi connectivity index (χ2v) is 8.38. The summed E-state index contributed by atoms with van der Waals surface area (Å²) in [6.45, 7) is 4.70. The highest BCUT2D eigenvalue weighted by atomic mass is 16.2. The van der Waals surface area contributed by atoms with Crippen molar-refractivity contribution in [2.45, 2.75) is 45.1 Å². The first-order valence-electron chi connectivity index (χ1n) is 11.0. The highest BCUT2D eigenvalue weighted by Gasteiger charge is 2.42. The van der Waals surface area contributed by atoms with Crippen LogP contribution in [0.3, 0.4) is 0 Å². The second kappa shape index (κ2) is 8.05. The van der Waals surface area contributed by atoms with E-state index in [1.54, 1.807) is 6.33 Å². The van der Waals surface area contributed by atoms with Crippen molar-refractivity contribution in [3.8, 4) is 0 Å². The summed E-state index contributed by atoms with van der Waals surface area (Å²) in [5.74, 6) is 1.51. The van der Waals surface area contributed by atoms with Gasteiger partial charge in [-0.25, -0.2) is 14.5 Å². The number of aryl methyl sites for hydroxylation is 2. The third-order valence-electron chi connectivity index (χ3n) is 6.58. The molecule has 0 spiro atoms. The lowest BCUT2D eigenvalue weighted by Crippen LogP contribution is -2.51. The van der Waals surface area contributed by atoms with E-state index in [9.17, 15) is 4.79 Å². The zero-order chi connectivity index (χ0) is 20.5. The Morgan fingerprint density at radius 3 is 2.90 bits per heavy atom. The lowest BCUT2D eigenvalue weighted by Gasteiger charge is -2.38. The predicted molar refractivity (Wildman–Crippen MR) is 115 cm³/mol. The Labute approximate surface area is 176 Å². The second-order valence-electron chi connectivity index (χ2n) is 8.38. The van der Waals surface area contributed by atoms with Gasteiger partial charge in [0.1, 0.15) is 12.1 Å². The summed E-state index contributed by atoms with van der Waals surface area (Å²) in [6, 6.07) is 10.7. The number of carbonyl (C=O) groups excluding carboxylic acids is 1. The predicted octanol–water partition coefficient (Wildman–Crippen LogP) is 2.75. The van der Waals surface area contributed by atoms with E-state index in [1.807, 2.05) is 22.8 Å². The molecule has 2 atom stereocenters. The van der Waals surface area contributed by atoms with Gasteiger partial charge in [-0.3, -0.25) is 4.79 Å². The minimum Gasteiger partial charge on any atom is -0.353 e. The number of anilines is 1. The molecule has 2 aliphatic heterocycles. The van der Waals surface area contributed by atoms with E-state index in [0.717, 1.165) is 68.9 Å². The van der Waals surface area contributed by atoms with Crippen LogP contribution in [0.2, 0.25) is 0 Å². The van der Waals surface area contributed by atoms with E-state index in [2.05, 4.69) is 50.0 Å². The number of piperazine rings is 1. The van der Waals surface area contributed by atoms with Gasteiger partial charge in [0.15, 0.2) is 5.65 Å². The summed E-state index contributed by atoms with van der Waals surface area (Å²) in [6.07, 6.45) is 8.35. The first-order valence-corrected chi connectivity index (χ1v) is 11.0. The van der Waals surface area contributed by atoms with Crippen LogP contribution < -0.4 is 4.90 Å². The molecule has 0 saturated carbocycles. The molecule has 3 aromatic heterocycles.